The van der Waals surface area contributed by atoms with Gasteiger partial charge in [-0.2, -0.15) is 0 Å². The fourth-order valence-corrected chi connectivity index (χ4v) is 4.97. The summed E-state index contributed by atoms with van der Waals surface area (Å²) >= 11 is 6.13. The molecule has 3 aliphatic heterocycles. The van der Waals surface area contributed by atoms with Crippen molar-refractivity contribution >= 4 is 17.3 Å². The third kappa shape index (κ3) is 3.05. The van der Waals surface area contributed by atoms with Crippen LogP contribution in [0.4, 0.5) is 5.69 Å². The van der Waals surface area contributed by atoms with Gasteiger partial charge in [-0.15, -0.1) is 0 Å². The van der Waals surface area contributed by atoms with Gasteiger partial charge in [-0.1, -0.05) is 17.7 Å². The van der Waals surface area contributed by atoms with Gasteiger partial charge in [0.2, 0.25) is 0 Å². The number of aliphatic hydroxyl groups is 1. The molecular weight excluding hydrogens is 324 g/mol. The highest BCUT2D eigenvalue weighted by Crippen LogP contribution is 2.43. The number of anilines is 1. The summed E-state index contributed by atoms with van der Waals surface area (Å²) in [4.78, 5) is 5.07. The van der Waals surface area contributed by atoms with Crippen LogP contribution in [0.2, 0.25) is 5.02 Å². The molecule has 0 unspecified atom stereocenters. The van der Waals surface area contributed by atoms with E-state index in [-0.39, 0.29) is 5.41 Å². The zero-order valence-electron chi connectivity index (χ0n) is 14.2. The summed E-state index contributed by atoms with van der Waals surface area (Å²) < 4.78 is 5.67. The summed E-state index contributed by atoms with van der Waals surface area (Å²) in [5, 5.41) is 10.8. The van der Waals surface area contributed by atoms with Gasteiger partial charge in [0.25, 0.3) is 0 Å². The predicted octanol–water partition coefficient (Wildman–Crippen LogP) is 2.64. The number of aliphatic hydroxyl groups excluding tert-OH is 1. The molecule has 132 valence electrons. The maximum Gasteiger partial charge on any atom is 0.0513 e. The minimum Gasteiger partial charge on any atom is -0.396 e. The number of rotatable bonds is 3. The molecule has 4 nitrogen and oxygen atoms in total. The van der Waals surface area contributed by atoms with Gasteiger partial charge in [0.1, 0.15) is 0 Å². The van der Waals surface area contributed by atoms with Gasteiger partial charge in [0.05, 0.1) is 13.2 Å². The molecule has 0 saturated carbocycles. The second-order valence-corrected chi connectivity index (χ2v) is 8.11. The first kappa shape index (κ1) is 16.6. The summed E-state index contributed by atoms with van der Waals surface area (Å²) in [6, 6.07) is 8.80. The van der Waals surface area contributed by atoms with Crippen LogP contribution in [-0.4, -0.2) is 62.0 Å². The van der Waals surface area contributed by atoms with Crippen LogP contribution in [0.15, 0.2) is 24.3 Å². The van der Waals surface area contributed by atoms with Gasteiger partial charge in [0.15, 0.2) is 0 Å². The second kappa shape index (κ2) is 6.83. The van der Waals surface area contributed by atoms with Crippen molar-refractivity contribution in [2.75, 3.05) is 50.9 Å². The Morgan fingerprint density at radius 2 is 2.12 bits per heavy atom. The van der Waals surface area contributed by atoms with Crippen molar-refractivity contribution in [1.29, 1.82) is 0 Å². The zero-order chi connectivity index (χ0) is 16.6. The Morgan fingerprint density at radius 3 is 2.83 bits per heavy atom. The Morgan fingerprint density at radius 1 is 1.29 bits per heavy atom. The predicted molar refractivity (Wildman–Crippen MR) is 96.7 cm³/mol. The highest BCUT2D eigenvalue weighted by Gasteiger charge is 2.49. The molecule has 5 heteroatoms. The van der Waals surface area contributed by atoms with Crippen LogP contribution >= 0.6 is 11.6 Å². The number of likely N-dealkylation sites (tertiary alicyclic amines) is 1. The summed E-state index contributed by atoms with van der Waals surface area (Å²) in [6.45, 7) is 6.21. The Labute approximate surface area is 149 Å². The molecule has 0 radical (unpaired) electrons. The lowest BCUT2D eigenvalue weighted by molar-refractivity contribution is -0.0419. The molecule has 0 aromatic heterocycles. The maximum absolute atomic E-state index is 9.98. The Balaban J connectivity index is 1.38. The van der Waals surface area contributed by atoms with Gasteiger partial charge in [-0.05, 0) is 37.5 Å². The van der Waals surface area contributed by atoms with Gasteiger partial charge in [0, 0.05) is 60.9 Å². The summed E-state index contributed by atoms with van der Waals surface area (Å²) in [6.07, 6.45) is 3.37. The van der Waals surface area contributed by atoms with Crippen molar-refractivity contribution in [3.63, 3.8) is 0 Å². The van der Waals surface area contributed by atoms with Crippen LogP contribution < -0.4 is 4.90 Å². The molecule has 24 heavy (non-hydrogen) atoms. The van der Waals surface area contributed by atoms with Crippen molar-refractivity contribution in [2.45, 2.75) is 25.3 Å². The van der Waals surface area contributed by atoms with Crippen LogP contribution in [0.5, 0.6) is 0 Å². The van der Waals surface area contributed by atoms with Gasteiger partial charge in [-0.3, -0.25) is 4.90 Å². The normalized spacial score (nSPS) is 32.1. The molecule has 0 amide bonds. The average molecular weight is 351 g/mol. The maximum atomic E-state index is 9.98. The van der Waals surface area contributed by atoms with Crippen molar-refractivity contribution in [3.05, 3.63) is 29.3 Å². The SMILES string of the molecule is OC[C@]12CCOC[C@H]1CN(C1CCN(c3cccc(Cl)c3)CC1)C2. The molecule has 3 saturated heterocycles. The monoisotopic (exact) mass is 350 g/mol. The van der Waals surface area contributed by atoms with Crippen molar-refractivity contribution < 1.29 is 9.84 Å². The number of halogens is 1. The molecule has 2 atom stereocenters. The quantitative estimate of drug-likeness (QED) is 0.909. The summed E-state index contributed by atoms with van der Waals surface area (Å²) in [5.74, 6) is 0.502. The van der Waals surface area contributed by atoms with E-state index < -0.39 is 0 Å². The first-order chi connectivity index (χ1) is 11.7. The molecule has 0 bridgehead atoms. The van der Waals surface area contributed by atoms with E-state index >= 15 is 0 Å². The number of fused-ring (bicyclic) bond motifs is 1. The number of hydrogen-bond acceptors (Lipinski definition) is 4. The largest absolute Gasteiger partial charge is 0.396 e. The molecule has 1 aromatic carbocycles. The smallest absolute Gasteiger partial charge is 0.0513 e. The van der Waals surface area contributed by atoms with E-state index in [1.54, 1.807) is 0 Å². The molecule has 1 aromatic rings. The Hall–Kier alpha value is -0.810. The number of nitrogens with zero attached hydrogens (tertiary/aromatic N) is 2. The molecule has 0 spiro atoms. The Bertz CT molecular complexity index is 576. The van der Waals surface area contributed by atoms with E-state index in [0.29, 0.717) is 18.6 Å². The number of ether oxygens (including phenoxy) is 1. The molecular formula is C19H27ClN2O2. The lowest BCUT2D eigenvalue weighted by atomic mass is 9.75. The molecule has 0 aliphatic carbocycles. The highest BCUT2D eigenvalue weighted by molar-refractivity contribution is 6.30. The first-order valence-corrected chi connectivity index (χ1v) is 9.51. The van der Waals surface area contributed by atoms with Crippen molar-refractivity contribution in [1.82, 2.24) is 4.90 Å². The molecule has 3 aliphatic rings. The molecule has 4 rings (SSSR count). The van der Waals surface area contributed by atoms with Gasteiger partial charge < -0.3 is 14.7 Å². The topological polar surface area (TPSA) is 35.9 Å². The van der Waals surface area contributed by atoms with Gasteiger partial charge in [-0.25, -0.2) is 0 Å². The minimum atomic E-state index is 0.0857. The third-order valence-corrected chi connectivity index (χ3v) is 6.61. The van der Waals surface area contributed by atoms with E-state index in [1.165, 1.54) is 18.5 Å². The van der Waals surface area contributed by atoms with E-state index in [9.17, 15) is 5.11 Å². The summed E-state index contributed by atoms with van der Waals surface area (Å²) in [5.41, 5.74) is 1.32. The van der Waals surface area contributed by atoms with Crippen LogP contribution in [0, 0.1) is 11.3 Å². The Kier molecular flexibility index (Phi) is 4.74. The van der Waals surface area contributed by atoms with Crippen LogP contribution in [0.3, 0.4) is 0 Å². The van der Waals surface area contributed by atoms with Crippen molar-refractivity contribution in [2.24, 2.45) is 11.3 Å². The van der Waals surface area contributed by atoms with Crippen LogP contribution in [0.1, 0.15) is 19.3 Å². The second-order valence-electron chi connectivity index (χ2n) is 7.67. The van der Waals surface area contributed by atoms with Crippen molar-refractivity contribution in [3.8, 4) is 0 Å². The van der Waals surface area contributed by atoms with E-state index in [1.807, 2.05) is 12.1 Å². The lowest BCUT2D eigenvalue weighted by Gasteiger charge is -2.39. The summed E-state index contributed by atoms with van der Waals surface area (Å²) in [7, 11) is 0. The molecule has 1 N–H and O–H groups in total. The minimum absolute atomic E-state index is 0.0857. The first-order valence-electron chi connectivity index (χ1n) is 9.13. The van der Waals surface area contributed by atoms with Crippen LogP contribution in [0.25, 0.3) is 0 Å². The molecule has 3 heterocycles. The van der Waals surface area contributed by atoms with E-state index in [2.05, 4.69) is 21.9 Å². The average Bonchev–Trinajstić information content (AvgIpc) is 3.02. The standard InChI is InChI=1S/C19H27ClN2O2/c20-16-2-1-3-18(10-16)21-7-4-17(5-8-21)22-11-15-12-24-9-6-19(15,13-22)14-23/h1-3,10,15,17,23H,4-9,11-14H2/t15-,19-/m1/s1. The van der Waals surface area contributed by atoms with Gasteiger partial charge >= 0.3 is 0 Å². The zero-order valence-corrected chi connectivity index (χ0v) is 14.9. The number of benzene rings is 1. The lowest BCUT2D eigenvalue weighted by Crippen LogP contribution is -2.45. The fraction of sp³-hybridized carbons (Fsp3) is 0.684. The van der Waals surface area contributed by atoms with Crippen LogP contribution in [-0.2, 0) is 4.74 Å². The fourth-order valence-electron chi connectivity index (χ4n) is 4.79. The number of piperidine rings is 1. The highest BCUT2D eigenvalue weighted by atomic mass is 35.5. The molecule has 3 fully saturated rings. The third-order valence-electron chi connectivity index (χ3n) is 6.37. The number of hydrogen-bond donors (Lipinski definition) is 1. The van der Waals surface area contributed by atoms with E-state index in [0.717, 1.165) is 50.8 Å². The van der Waals surface area contributed by atoms with E-state index in [4.69, 9.17) is 16.3 Å².